The molecule has 0 saturated heterocycles. The van der Waals surface area contributed by atoms with E-state index in [4.69, 9.17) is 5.11 Å². The molecule has 0 aromatic heterocycles. The lowest BCUT2D eigenvalue weighted by Gasteiger charge is -2.24. The van der Waals surface area contributed by atoms with Gasteiger partial charge in [-0.2, -0.15) is 0 Å². The fraction of sp³-hybridized carbons (Fsp3) is 0.625. The van der Waals surface area contributed by atoms with E-state index in [1.54, 1.807) is 6.08 Å². The first-order valence-electron chi connectivity index (χ1n) is 3.78. The molecule has 1 rings (SSSR count). The summed E-state index contributed by atoms with van der Waals surface area (Å²) in [6, 6.07) is -0.110. The molecule has 0 aliphatic carbocycles. The van der Waals surface area contributed by atoms with Crippen LogP contribution in [-0.4, -0.2) is 34.6 Å². The van der Waals surface area contributed by atoms with Crippen LogP contribution in [-0.2, 0) is 4.79 Å². The van der Waals surface area contributed by atoms with E-state index in [1.807, 2.05) is 24.8 Å². The zero-order valence-electron chi connectivity index (χ0n) is 6.82. The van der Waals surface area contributed by atoms with E-state index in [0.717, 1.165) is 6.54 Å². The molecule has 1 heterocycles. The summed E-state index contributed by atoms with van der Waals surface area (Å²) in [4.78, 5) is 12.6. The van der Waals surface area contributed by atoms with Gasteiger partial charge in [-0.05, 0) is 13.8 Å². The van der Waals surface area contributed by atoms with Crippen LogP contribution in [0.5, 0.6) is 0 Å². The minimum Gasteiger partial charge on any atom is -0.480 e. The summed E-state index contributed by atoms with van der Waals surface area (Å²) in [5.74, 6) is -0.757. The molecule has 0 aromatic rings. The minimum atomic E-state index is -0.757. The highest BCUT2D eigenvalue weighted by molar-refractivity contribution is 5.76. The van der Waals surface area contributed by atoms with Crippen LogP contribution in [0.1, 0.15) is 13.8 Å². The van der Waals surface area contributed by atoms with Crippen LogP contribution < -0.4 is 0 Å². The third kappa shape index (κ3) is 1.60. The topological polar surface area (TPSA) is 40.5 Å². The molecule has 1 unspecified atom stereocenters. The Bertz CT molecular complexity index is 187. The predicted octanol–water partition coefficient (Wildman–Crippen LogP) is 0.720. The molecular formula is C8H13NO2. The molecule has 0 aromatic carbocycles. The lowest BCUT2D eigenvalue weighted by molar-refractivity contribution is -0.141. The number of nitrogens with zero attached hydrogens (tertiary/aromatic N) is 1. The average Bonchev–Trinajstić information content (AvgIpc) is 2.32. The molecule has 0 amide bonds. The monoisotopic (exact) mass is 155 g/mol. The van der Waals surface area contributed by atoms with E-state index < -0.39 is 12.0 Å². The van der Waals surface area contributed by atoms with Gasteiger partial charge in [0.1, 0.15) is 6.04 Å². The molecule has 1 aliphatic heterocycles. The van der Waals surface area contributed by atoms with Crippen molar-refractivity contribution in [1.29, 1.82) is 0 Å². The van der Waals surface area contributed by atoms with Crippen molar-refractivity contribution in [3.8, 4) is 0 Å². The predicted molar refractivity (Wildman–Crippen MR) is 42.4 cm³/mol. The first kappa shape index (κ1) is 8.27. The summed E-state index contributed by atoms with van der Waals surface area (Å²) in [6.45, 7) is 4.76. The van der Waals surface area contributed by atoms with Crippen LogP contribution in [0.15, 0.2) is 12.2 Å². The van der Waals surface area contributed by atoms with E-state index in [0.29, 0.717) is 6.04 Å². The number of carboxylic acids is 1. The Morgan fingerprint density at radius 2 is 2.36 bits per heavy atom. The first-order chi connectivity index (χ1) is 5.13. The summed E-state index contributed by atoms with van der Waals surface area (Å²) in [5.41, 5.74) is 0. The van der Waals surface area contributed by atoms with Gasteiger partial charge in [0.25, 0.3) is 0 Å². The molecular weight excluding hydrogens is 142 g/mol. The van der Waals surface area contributed by atoms with E-state index in [9.17, 15) is 4.79 Å². The van der Waals surface area contributed by atoms with E-state index in [-0.39, 0.29) is 0 Å². The van der Waals surface area contributed by atoms with Crippen LogP contribution in [0.4, 0.5) is 0 Å². The maximum absolute atomic E-state index is 10.6. The molecule has 0 spiro atoms. The van der Waals surface area contributed by atoms with Gasteiger partial charge in [0, 0.05) is 12.6 Å². The largest absolute Gasteiger partial charge is 0.480 e. The van der Waals surface area contributed by atoms with Crippen LogP contribution in [0.25, 0.3) is 0 Å². The number of carboxylic acid groups (broad SMARTS) is 1. The van der Waals surface area contributed by atoms with E-state index in [1.165, 1.54) is 0 Å². The molecule has 11 heavy (non-hydrogen) atoms. The normalized spacial score (nSPS) is 24.8. The zero-order valence-corrected chi connectivity index (χ0v) is 6.82. The molecule has 1 N–H and O–H groups in total. The highest BCUT2D eigenvalue weighted by Crippen LogP contribution is 2.12. The third-order valence-electron chi connectivity index (χ3n) is 1.91. The highest BCUT2D eigenvalue weighted by atomic mass is 16.4. The van der Waals surface area contributed by atoms with E-state index >= 15 is 0 Å². The van der Waals surface area contributed by atoms with Crippen LogP contribution in [0, 0.1) is 0 Å². The van der Waals surface area contributed by atoms with Gasteiger partial charge in [-0.3, -0.25) is 9.69 Å². The summed E-state index contributed by atoms with van der Waals surface area (Å²) < 4.78 is 0. The Morgan fingerprint density at radius 3 is 2.73 bits per heavy atom. The Labute approximate surface area is 66.3 Å². The molecule has 1 atom stereocenters. The quantitative estimate of drug-likeness (QED) is 0.597. The van der Waals surface area contributed by atoms with Crippen molar-refractivity contribution in [1.82, 2.24) is 4.90 Å². The molecule has 0 fully saturated rings. The smallest absolute Gasteiger partial charge is 0.324 e. The second-order valence-electron chi connectivity index (χ2n) is 3.00. The second kappa shape index (κ2) is 3.05. The lowest BCUT2D eigenvalue weighted by atomic mass is 10.2. The van der Waals surface area contributed by atoms with Gasteiger partial charge in [-0.25, -0.2) is 0 Å². The average molecular weight is 155 g/mol. The number of rotatable bonds is 2. The van der Waals surface area contributed by atoms with Crippen molar-refractivity contribution in [2.45, 2.75) is 25.9 Å². The molecule has 0 saturated carbocycles. The van der Waals surface area contributed by atoms with Crippen LogP contribution >= 0.6 is 0 Å². The van der Waals surface area contributed by atoms with Crippen LogP contribution in [0.2, 0.25) is 0 Å². The fourth-order valence-electron chi connectivity index (χ4n) is 1.29. The van der Waals surface area contributed by atoms with Crippen molar-refractivity contribution < 1.29 is 9.90 Å². The van der Waals surface area contributed by atoms with Gasteiger partial charge in [0.2, 0.25) is 0 Å². The molecule has 1 aliphatic rings. The van der Waals surface area contributed by atoms with Crippen molar-refractivity contribution >= 4 is 5.97 Å². The summed E-state index contributed by atoms with van der Waals surface area (Å²) in [7, 11) is 0. The van der Waals surface area contributed by atoms with Crippen molar-refractivity contribution in [2.75, 3.05) is 6.54 Å². The minimum absolute atomic E-state index is 0.297. The van der Waals surface area contributed by atoms with Crippen LogP contribution in [0.3, 0.4) is 0 Å². The molecule has 0 bridgehead atoms. The Kier molecular flexibility index (Phi) is 2.29. The van der Waals surface area contributed by atoms with Gasteiger partial charge in [0.15, 0.2) is 0 Å². The van der Waals surface area contributed by atoms with Gasteiger partial charge in [-0.1, -0.05) is 12.2 Å². The Hall–Kier alpha value is -0.830. The molecule has 0 radical (unpaired) electrons. The maximum atomic E-state index is 10.6. The third-order valence-corrected chi connectivity index (χ3v) is 1.91. The van der Waals surface area contributed by atoms with Crippen molar-refractivity contribution in [3.05, 3.63) is 12.2 Å². The SMILES string of the molecule is CC(C)N1CC=CC1C(=O)O. The van der Waals surface area contributed by atoms with Gasteiger partial charge >= 0.3 is 5.97 Å². The first-order valence-corrected chi connectivity index (χ1v) is 3.78. The van der Waals surface area contributed by atoms with Crippen molar-refractivity contribution in [2.24, 2.45) is 0 Å². The molecule has 3 nitrogen and oxygen atoms in total. The number of aliphatic carboxylic acids is 1. The fourth-order valence-corrected chi connectivity index (χ4v) is 1.29. The van der Waals surface area contributed by atoms with E-state index in [2.05, 4.69) is 0 Å². The molecule has 3 heteroatoms. The Balaban J connectivity index is 2.63. The number of hydrogen-bond donors (Lipinski definition) is 1. The van der Waals surface area contributed by atoms with Crippen molar-refractivity contribution in [3.63, 3.8) is 0 Å². The zero-order chi connectivity index (χ0) is 8.43. The maximum Gasteiger partial charge on any atom is 0.324 e. The lowest BCUT2D eigenvalue weighted by Crippen LogP contribution is -2.40. The summed E-state index contributed by atoms with van der Waals surface area (Å²) >= 11 is 0. The summed E-state index contributed by atoms with van der Waals surface area (Å²) in [5, 5.41) is 8.74. The number of hydrogen-bond acceptors (Lipinski definition) is 2. The second-order valence-corrected chi connectivity index (χ2v) is 3.00. The Morgan fingerprint density at radius 1 is 1.73 bits per heavy atom. The molecule has 62 valence electrons. The highest BCUT2D eigenvalue weighted by Gasteiger charge is 2.27. The van der Waals surface area contributed by atoms with Gasteiger partial charge in [0.05, 0.1) is 0 Å². The summed E-state index contributed by atoms with van der Waals surface area (Å²) in [6.07, 6.45) is 3.64. The van der Waals surface area contributed by atoms with Gasteiger partial charge < -0.3 is 5.11 Å². The van der Waals surface area contributed by atoms with Gasteiger partial charge in [-0.15, -0.1) is 0 Å². The standard InChI is InChI=1S/C8H13NO2/c1-6(2)9-5-3-4-7(9)8(10)11/h3-4,6-7H,5H2,1-2H3,(H,10,11). The number of carbonyl (C=O) groups is 1.